The van der Waals surface area contributed by atoms with E-state index in [0.717, 1.165) is 23.3 Å². The number of carbonyl (C=O) groups excluding carboxylic acids is 4. The summed E-state index contributed by atoms with van der Waals surface area (Å²) < 4.78 is 49.9. The van der Waals surface area contributed by atoms with Gasteiger partial charge in [-0.25, -0.2) is 4.79 Å². The van der Waals surface area contributed by atoms with Crippen LogP contribution < -0.4 is 5.32 Å². The molecule has 3 aromatic carbocycles. The first-order chi connectivity index (χ1) is 22.1. The fourth-order valence-corrected chi connectivity index (χ4v) is 5.72. The molecule has 2 heterocycles. The first-order valence-electron chi connectivity index (χ1n) is 14.6. The van der Waals surface area contributed by atoms with E-state index < -0.39 is 59.8 Å². The molecule has 0 aliphatic carbocycles. The van der Waals surface area contributed by atoms with Gasteiger partial charge in [0.2, 0.25) is 11.8 Å². The monoisotopic (exact) mass is 635 g/mol. The van der Waals surface area contributed by atoms with E-state index in [-0.39, 0.29) is 31.6 Å². The van der Waals surface area contributed by atoms with Crippen molar-refractivity contribution in [2.75, 3.05) is 13.7 Å². The van der Waals surface area contributed by atoms with Crippen molar-refractivity contribution in [1.82, 2.24) is 15.1 Å². The largest absolute Gasteiger partial charge is 0.469 e. The van der Waals surface area contributed by atoms with E-state index in [1.807, 2.05) is 60.7 Å². The van der Waals surface area contributed by atoms with Crippen molar-refractivity contribution in [2.24, 2.45) is 0 Å². The Kier molecular flexibility index (Phi) is 9.74. The molecule has 2 aliphatic rings. The van der Waals surface area contributed by atoms with Gasteiger partial charge in [0.25, 0.3) is 0 Å². The van der Waals surface area contributed by atoms with Crippen LogP contribution in [0.1, 0.15) is 41.1 Å². The molecule has 46 heavy (non-hydrogen) atoms. The van der Waals surface area contributed by atoms with E-state index in [1.165, 1.54) is 29.0 Å². The third-order valence-corrected chi connectivity index (χ3v) is 8.04. The minimum Gasteiger partial charge on any atom is -0.469 e. The molecule has 0 bridgehead atoms. The highest BCUT2D eigenvalue weighted by Crippen LogP contribution is 2.39. The summed E-state index contributed by atoms with van der Waals surface area (Å²) in [7, 11) is 1.20. The minimum absolute atomic E-state index is 0.0327. The number of ether oxygens (including phenoxy) is 2. The Labute approximate surface area is 263 Å². The van der Waals surface area contributed by atoms with E-state index in [9.17, 15) is 32.3 Å². The van der Waals surface area contributed by atoms with Gasteiger partial charge in [0.15, 0.2) is 0 Å². The zero-order chi connectivity index (χ0) is 32.8. The van der Waals surface area contributed by atoms with Gasteiger partial charge in [-0.05, 0) is 35.2 Å². The predicted octanol–water partition coefficient (Wildman–Crippen LogP) is 5.13. The molecule has 0 radical (unpaired) electrons. The number of methoxy groups -OCH3 is 1. The first kappa shape index (κ1) is 32.3. The van der Waals surface area contributed by atoms with E-state index >= 15 is 0 Å². The molecule has 0 saturated carbocycles. The molecule has 12 heteroatoms. The first-order valence-corrected chi connectivity index (χ1v) is 14.6. The summed E-state index contributed by atoms with van der Waals surface area (Å²) in [5, 5.41) is 2.63. The number of esters is 1. The molecule has 3 amide bonds. The normalized spacial score (nSPS) is 20.3. The van der Waals surface area contributed by atoms with E-state index in [0.29, 0.717) is 0 Å². The Morgan fingerprint density at radius 1 is 1.02 bits per heavy atom. The van der Waals surface area contributed by atoms with Crippen LogP contribution in [0.4, 0.5) is 18.0 Å². The maximum atomic E-state index is 14.0. The van der Waals surface area contributed by atoms with Gasteiger partial charge in [0.1, 0.15) is 18.7 Å². The summed E-state index contributed by atoms with van der Waals surface area (Å²) in [6, 6.07) is 19.3. The van der Waals surface area contributed by atoms with Crippen molar-refractivity contribution in [3.8, 4) is 0 Å². The summed E-state index contributed by atoms with van der Waals surface area (Å²) in [5.74, 6) is -1.81. The standard InChI is InChI=1S/C34H32F3N3O6/c1-45-29(41)18-17-27(31(42)38-20-23-11-8-14-25(19-23)34(35,36)37)39-26(16-15-22-9-4-2-5-10-22)30(32(39)43)40-28(21-46-33(40)44)24-12-6-3-7-13-24/h2-16,19,26-28,30H,17-18,20-21H2,1H3,(H,38,42)/t26-,27+,28-,30+/m1/s1. The average Bonchev–Trinajstić information content (AvgIpc) is 3.43. The maximum Gasteiger partial charge on any atom is 0.416 e. The number of nitrogens with one attached hydrogen (secondary N) is 1. The summed E-state index contributed by atoms with van der Waals surface area (Å²) in [5.41, 5.74) is 0.920. The fourth-order valence-electron chi connectivity index (χ4n) is 5.72. The third kappa shape index (κ3) is 7.06. The van der Waals surface area contributed by atoms with Crippen molar-refractivity contribution in [1.29, 1.82) is 0 Å². The molecule has 2 aliphatic heterocycles. The predicted molar refractivity (Wildman–Crippen MR) is 161 cm³/mol. The number of hydrogen-bond acceptors (Lipinski definition) is 6. The minimum atomic E-state index is -4.56. The van der Waals surface area contributed by atoms with Crippen molar-refractivity contribution >= 4 is 30.0 Å². The van der Waals surface area contributed by atoms with Gasteiger partial charge < -0.3 is 19.7 Å². The van der Waals surface area contributed by atoms with Crippen LogP contribution >= 0.6 is 0 Å². The van der Waals surface area contributed by atoms with Gasteiger partial charge >= 0.3 is 18.2 Å². The third-order valence-electron chi connectivity index (χ3n) is 8.04. The molecular weight excluding hydrogens is 603 g/mol. The Morgan fingerprint density at radius 2 is 1.72 bits per heavy atom. The van der Waals surface area contributed by atoms with Crippen LogP contribution in [0.2, 0.25) is 0 Å². The summed E-state index contributed by atoms with van der Waals surface area (Å²) in [4.78, 5) is 55.5. The molecule has 2 saturated heterocycles. The number of amides is 3. The second kappa shape index (κ2) is 13.9. The van der Waals surface area contributed by atoms with E-state index in [4.69, 9.17) is 9.47 Å². The molecule has 2 fully saturated rings. The van der Waals surface area contributed by atoms with Gasteiger partial charge in [-0.3, -0.25) is 19.3 Å². The highest BCUT2D eigenvalue weighted by molar-refractivity contribution is 5.98. The van der Waals surface area contributed by atoms with Crippen molar-refractivity contribution in [3.05, 3.63) is 113 Å². The molecule has 240 valence electrons. The van der Waals surface area contributed by atoms with Crippen molar-refractivity contribution < 1.29 is 41.8 Å². The second-order valence-electron chi connectivity index (χ2n) is 10.9. The van der Waals surface area contributed by atoms with Crippen molar-refractivity contribution in [3.63, 3.8) is 0 Å². The highest BCUT2D eigenvalue weighted by atomic mass is 19.4. The number of cyclic esters (lactones) is 1. The highest BCUT2D eigenvalue weighted by Gasteiger charge is 2.58. The number of β-lactam (4-membered cyclic amide) rings is 1. The molecule has 4 atom stereocenters. The molecule has 5 rings (SSSR count). The number of benzene rings is 3. The quantitative estimate of drug-likeness (QED) is 0.232. The maximum absolute atomic E-state index is 14.0. The van der Waals surface area contributed by atoms with Gasteiger partial charge in [0.05, 0.1) is 24.8 Å². The molecule has 0 unspecified atom stereocenters. The lowest BCUT2D eigenvalue weighted by molar-refractivity contribution is -0.163. The zero-order valence-corrected chi connectivity index (χ0v) is 24.9. The smallest absolute Gasteiger partial charge is 0.416 e. The van der Waals surface area contributed by atoms with E-state index in [2.05, 4.69) is 5.32 Å². The Morgan fingerprint density at radius 3 is 2.39 bits per heavy atom. The van der Waals surface area contributed by atoms with Crippen LogP contribution in [0.15, 0.2) is 91.0 Å². The lowest BCUT2D eigenvalue weighted by Crippen LogP contribution is -2.74. The fraction of sp³-hybridized carbons (Fsp3) is 0.294. The van der Waals surface area contributed by atoms with Gasteiger partial charge in [-0.15, -0.1) is 0 Å². The number of nitrogens with zero attached hydrogens (tertiary/aromatic N) is 2. The summed E-state index contributed by atoms with van der Waals surface area (Å²) >= 11 is 0. The number of likely N-dealkylation sites (tertiary alicyclic amines) is 1. The van der Waals surface area contributed by atoms with Gasteiger partial charge in [0, 0.05) is 13.0 Å². The second-order valence-corrected chi connectivity index (χ2v) is 10.9. The van der Waals surface area contributed by atoms with Gasteiger partial charge in [-0.2, -0.15) is 13.2 Å². The molecule has 9 nitrogen and oxygen atoms in total. The number of halogens is 3. The number of hydrogen-bond donors (Lipinski definition) is 1. The van der Waals surface area contributed by atoms with Gasteiger partial charge in [-0.1, -0.05) is 84.9 Å². The topological polar surface area (TPSA) is 105 Å². The van der Waals surface area contributed by atoms with Crippen LogP contribution in [-0.4, -0.2) is 65.5 Å². The Bertz CT molecular complexity index is 1600. The Hall–Kier alpha value is -5.13. The number of alkyl halides is 3. The molecular formula is C34H32F3N3O6. The van der Waals surface area contributed by atoms with Crippen LogP contribution in [0.3, 0.4) is 0 Å². The van der Waals surface area contributed by atoms with Crippen LogP contribution in [0.5, 0.6) is 0 Å². The zero-order valence-electron chi connectivity index (χ0n) is 24.9. The average molecular weight is 636 g/mol. The SMILES string of the molecule is COC(=O)CC[C@@H](C(=O)NCc1cccc(C(F)(F)F)c1)N1C(=O)[C@@H](N2C(=O)OC[C@@H]2c2ccccc2)[C@H]1C=Cc1ccccc1. The molecule has 0 spiro atoms. The summed E-state index contributed by atoms with van der Waals surface area (Å²) in [6.07, 6.45) is -2.07. The lowest BCUT2D eigenvalue weighted by Gasteiger charge is -2.52. The molecule has 1 N–H and O–H groups in total. The lowest BCUT2D eigenvalue weighted by atomic mass is 9.87. The number of rotatable bonds is 11. The number of carbonyl (C=O) groups is 4. The van der Waals surface area contributed by atoms with Crippen LogP contribution in [-0.2, 0) is 36.6 Å². The van der Waals surface area contributed by atoms with Crippen molar-refractivity contribution in [2.45, 2.75) is 49.7 Å². The Balaban J connectivity index is 1.45. The van der Waals surface area contributed by atoms with E-state index in [1.54, 1.807) is 12.2 Å². The summed E-state index contributed by atoms with van der Waals surface area (Å²) in [6.45, 7) is -0.215. The van der Waals surface area contributed by atoms with Crippen LogP contribution in [0.25, 0.3) is 6.08 Å². The molecule has 0 aromatic heterocycles. The van der Waals surface area contributed by atoms with Crippen LogP contribution in [0, 0.1) is 0 Å². The molecule has 3 aromatic rings.